The molecule has 1 heterocycles. The fourth-order valence-electron chi connectivity index (χ4n) is 1.57. The fourth-order valence-corrected chi connectivity index (χ4v) is 1.57. The summed E-state index contributed by atoms with van der Waals surface area (Å²) in [5.74, 6) is 2.04. The van der Waals surface area contributed by atoms with Crippen molar-refractivity contribution < 1.29 is 4.74 Å². The third-order valence-electron chi connectivity index (χ3n) is 2.37. The first-order valence-electron chi connectivity index (χ1n) is 5.81. The summed E-state index contributed by atoms with van der Waals surface area (Å²) in [4.78, 5) is 7.92. The van der Waals surface area contributed by atoms with Crippen LogP contribution in [0.5, 0.6) is 5.75 Å². The van der Waals surface area contributed by atoms with Gasteiger partial charge in [-0.25, -0.2) is 9.97 Å². The molecule has 18 heavy (non-hydrogen) atoms. The molecular formula is C13H16N4O. The molecule has 0 aliphatic carbocycles. The lowest BCUT2D eigenvalue weighted by atomic mass is 10.2. The minimum Gasteiger partial charge on any atom is -0.494 e. The minimum absolute atomic E-state index is 0.454. The fraction of sp³-hybridized carbons (Fsp3) is 0.231. The summed E-state index contributed by atoms with van der Waals surface area (Å²) < 4.78 is 5.44. The lowest BCUT2D eigenvalue weighted by Crippen LogP contribution is -2.03. The van der Waals surface area contributed by atoms with E-state index in [0.29, 0.717) is 24.8 Å². The van der Waals surface area contributed by atoms with Crippen LogP contribution in [0.25, 0.3) is 0 Å². The molecule has 2 rings (SSSR count). The van der Waals surface area contributed by atoms with Crippen molar-refractivity contribution in [2.45, 2.75) is 13.5 Å². The normalized spacial score (nSPS) is 10.1. The van der Waals surface area contributed by atoms with Gasteiger partial charge in [-0.3, -0.25) is 0 Å². The number of nitrogens with two attached hydrogens (primary N) is 1. The first-order valence-corrected chi connectivity index (χ1v) is 5.81. The highest BCUT2D eigenvalue weighted by atomic mass is 16.5. The molecule has 0 radical (unpaired) electrons. The molecule has 0 bridgehead atoms. The number of ether oxygens (including phenoxy) is 1. The van der Waals surface area contributed by atoms with Gasteiger partial charge in [-0.05, 0) is 24.6 Å². The molecule has 1 aromatic carbocycles. The van der Waals surface area contributed by atoms with Gasteiger partial charge in [0.05, 0.1) is 6.61 Å². The van der Waals surface area contributed by atoms with E-state index < -0.39 is 0 Å². The second-order valence-electron chi connectivity index (χ2n) is 3.76. The lowest BCUT2D eigenvalue weighted by Gasteiger charge is -2.08. The van der Waals surface area contributed by atoms with Crippen molar-refractivity contribution in [3.63, 3.8) is 0 Å². The maximum atomic E-state index is 5.58. The van der Waals surface area contributed by atoms with E-state index in [0.717, 1.165) is 11.3 Å². The first-order chi connectivity index (χ1) is 8.78. The lowest BCUT2D eigenvalue weighted by molar-refractivity contribution is 0.340. The van der Waals surface area contributed by atoms with Gasteiger partial charge in [0.25, 0.3) is 0 Å². The van der Waals surface area contributed by atoms with E-state index in [2.05, 4.69) is 15.3 Å². The van der Waals surface area contributed by atoms with Crippen LogP contribution >= 0.6 is 0 Å². The summed E-state index contributed by atoms with van der Waals surface area (Å²) in [6, 6.07) is 9.64. The van der Waals surface area contributed by atoms with Gasteiger partial charge in [-0.2, -0.15) is 0 Å². The van der Waals surface area contributed by atoms with Crippen LogP contribution in [0.1, 0.15) is 12.5 Å². The zero-order valence-corrected chi connectivity index (χ0v) is 10.3. The summed E-state index contributed by atoms with van der Waals surface area (Å²) >= 11 is 0. The summed E-state index contributed by atoms with van der Waals surface area (Å²) in [6.45, 7) is 3.30. The number of nitrogens with one attached hydrogen (secondary N) is 1. The molecule has 0 spiro atoms. The molecule has 3 N–H and O–H groups in total. The number of hydrogen-bond donors (Lipinski definition) is 2. The van der Waals surface area contributed by atoms with Crippen molar-refractivity contribution in [3.8, 4) is 5.75 Å². The molecule has 0 aliphatic heterocycles. The Balaban J connectivity index is 1.99. The van der Waals surface area contributed by atoms with Crippen molar-refractivity contribution in [1.29, 1.82) is 0 Å². The quantitative estimate of drug-likeness (QED) is 0.842. The van der Waals surface area contributed by atoms with Crippen molar-refractivity contribution in [1.82, 2.24) is 9.97 Å². The summed E-state index contributed by atoms with van der Waals surface area (Å²) in [7, 11) is 0. The van der Waals surface area contributed by atoms with E-state index in [-0.39, 0.29) is 0 Å². The summed E-state index contributed by atoms with van der Waals surface area (Å²) in [5, 5.41) is 3.18. The van der Waals surface area contributed by atoms with E-state index in [1.54, 1.807) is 6.07 Å². The Morgan fingerprint density at radius 3 is 2.94 bits per heavy atom. The predicted octanol–water partition coefficient (Wildman–Crippen LogP) is 2.07. The maximum Gasteiger partial charge on any atom is 0.131 e. The van der Waals surface area contributed by atoms with E-state index in [9.17, 15) is 0 Å². The molecule has 5 heteroatoms. The molecule has 94 valence electrons. The predicted molar refractivity (Wildman–Crippen MR) is 71.4 cm³/mol. The van der Waals surface area contributed by atoms with Crippen molar-refractivity contribution in [2.75, 3.05) is 17.7 Å². The van der Waals surface area contributed by atoms with Gasteiger partial charge in [0.2, 0.25) is 0 Å². The monoisotopic (exact) mass is 244 g/mol. The topological polar surface area (TPSA) is 73.1 Å². The zero-order chi connectivity index (χ0) is 12.8. The van der Waals surface area contributed by atoms with Crippen LogP contribution in [0, 0.1) is 0 Å². The van der Waals surface area contributed by atoms with Crippen LogP contribution in [0.4, 0.5) is 11.6 Å². The van der Waals surface area contributed by atoms with Crippen molar-refractivity contribution in [2.24, 2.45) is 0 Å². The smallest absolute Gasteiger partial charge is 0.131 e. The maximum absolute atomic E-state index is 5.58. The molecule has 0 saturated heterocycles. The SMILES string of the molecule is CCOc1cccc(CNc2cc(N)ncn2)c1. The third-order valence-corrected chi connectivity index (χ3v) is 2.37. The molecule has 0 fully saturated rings. The van der Waals surface area contributed by atoms with Gasteiger partial charge >= 0.3 is 0 Å². The molecule has 1 aromatic heterocycles. The van der Waals surface area contributed by atoms with Gasteiger partial charge in [-0.15, -0.1) is 0 Å². The zero-order valence-electron chi connectivity index (χ0n) is 10.3. The molecule has 0 amide bonds. The van der Waals surface area contributed by atoms with Crippen LogP contribution in [0.3, 0.4) is 0 Å². The van der Waals surface area contributed by atoms with Crippen LogP contribution in [-0.4, -0.2) is 16.6 Å². The number of nitrogen functional groups attached to an aromatic ring is 1. The Bertz CT molecular complexity index is 516. The van der Waals surface area contributed by atoms with Crippen LogP contribution in [0.2, 0.25) is 0 Å². The van der Waals surface area contributed by atoms with Gasteiger partial charge in [0.1, 0.15) is 23.7 Å². The Morgan fingerprint density at radius 1 is 1.28 bits per heavy atom. The Hall–Kier alpha value is -2.30. The second-order valence-corrected chi connectivity index (χ2v) is 3.76. The summed E-state index contributed by atoms with van der Waals surface area (Å²) in [6.07, 6.45) is 1.44. The Labute approximate surface area is 106 Å². The van der Waals surface area contributed by atoms with E-state index in [4.69, 9.17) is 10.5 Å². The highest BCUT2D eigenvalue weighted by Gasteiger charge is 1.98. The molecule has 0 aliphatic rings. The third kappa shape index (κ3) is 3.35. The molecular weight excluding hydrogens is 228 g/mol. The van der Waals surface area contributed by atoms with E-state index >= 15 is 0 Å². The van der Waals surface area contributed by atoms with Gasteiger partial charge in [-0.1, -0.05) is 12.1 Å². The highest BCUT2D eigenvalue weighted by Crippen LogP contribution is 2.14. The number of hydrogen-bond acceptors (Lipinski definition) is 5. The van der Waals surface area contributed by atoms with Crippen molar-refractivity contribution in [3.05, 3.63) is 42.2 Å². The standard InChI is InChI=1S/C13H16N4O/c1-2-18-11-5-3-4-10(6-11)8-15-13-7-12(14)16-9-17-13/h3-7,9H,2,8H2,1H3,(H3,14,15,16,17). The average molecular weight is 244 g/mol. The van der Waals surface area contributed by atoms with Gasteiger partial charge in [0, 0.05) is 12.6 Å². The van der Waals surface area contributed by atoms with E-state index in [1.807, 2.05) is 31.2 Å². The van der Waals surface area contributed by atoms with Crippen LogP contribution in [0.15, 0.2) is 36.7 Å². The number of benzene rings is 1. The molecule has 0 unspecified atom stereocenters. The number of anilines is 2. The molecule has 0 atom stereocenters. The van der Waals surface area contributed by atoms with Crippen molar-refractivity contribution >= 4 is 11.6 Å². The number of aromatic nitrogens is 2. The minimum atomic E-state index is 0.454. The highest BCUT2D eigenvalue weighted by molar-refractivity contribution is 5.44. The van der Waals surface area contributed by atoms with Crippen LogP contribution < -0.4 is 15.8 Å². The molecule has 5 nitrogen and oxygen atoms in total. The van der Waals surface area contributed by atoms with Gasteiger partial charge < -0.3 is 15.8 Å². The van der Waals surface area contributed by atoms with Gasteiger partial charge in [0.15, 0.2) is 0 Å². The van der Waals surface area contributed by atoms with Crippen LogP contribution in [-0.2, 0) is 6.54 Å². The molecule has 0 saturated carbocycles. The van der Waals surface area contributed by atoms with E-state index in [1.165, 1.54) is 6.33 Å². The largest absolute Gasteiger partial charge is 0.494 e. The second kappa shape index (κ2) is 5.86. The Morgan fingerprint density at radius 2 is 2.17 bits per heavy atom. The average Bonchev–Trinajstić information content (AvgIpc) is 2.37. The number of nitrogens with zero attached hydrogens (tertiary/aromatic N) is 2. The first kappa shape index (κ1) is 12.2. The number of rotatable bonds is 5. The Kier molecular flexibility index (Phi) is 3.96. The molecule has 2 aromatic rings. The summed E-state index contributed by atoms with van der Waals surface area (Å²) in [5.41, 5.74) is 6.70.